The predicted molar refractivity (Wildman–Crippen MR) is 182 cm³/mol. The second-order valence-corrected chi connectivity index (χ2v) is 14.8. The summed E-state index contributed by atoms with van der Waals surface area (Å²) in [5.74, 6) is -0.265. The zero-order valence-corrected chi connectivity index (χ0v) is 28.0. The standard InChI is InChI=1S/C35H37BF4N4O3S/c1-33(2)34(3,4)47-36(46-33)22-15-25(37)31-28-14-21-13-20(26(19-41-5)43-18-23-7-6-12-42-23)8-10-27(21)44(28)32(45-29(31)16-22)30-11-9-24(48-30)17-35(38,39)40/h8-11,13-16,19,23,32,42-43H,5-7,12,17-18H2,1-4H3/b26-19-. The average molecular weight is 681 g/mol. The van der Waals surface area contributed by atoms with Gasteiger partial charge >= 0.3 is 13.3 Å². The number of nitrogens with one attached hydrogen (secondary N) is 2. The molecule has 5 heterocycles. The van der Waals surface area contributed by atoms with Crippen LogP contribution in [0.15, 0.2) is 59.7 Å². The molecular weight excluding hydrogens is 643 g/mol. The van der Waals surface area contributed by atoms with Gasteiger partial charge in [-0.25, -0.2) is 4.39 Å². The van der Waals surface area contributed by atoms with Crippen molar-refractivity contribution in [2.24, 2.45) is 4.99 Å². The number of aromatic nitrogens is 1. The maximum Gasteiger partial charge on any atom is 0.495 e. The lowest BCUT2D eigenvalue weighted by Crippen LogP contribution is -2.41. The summed E-state index contributed by atoms with van der Waals surface area (Å²) in [5, 5.41) is 7.78. The van der Waals surface area contributed by atoms with Gasteiger partial charge in [0.1, 0.15) is 11.6 Å². The highest BCUT2D eigenvalue weighted by Crippen LogP contribution is 2.47. The molecule has 2 aromatic heterocycles. The van der Waals surface area contributed by atoms with E-state index >= 15 is 4.39 Å². The van der Waals surface area contributed by atoms with Crippen LogP contribution in [0.25, 0.3) is 27.9 Å². The number of aliphatic imine (C=N–C) groups is 1. The first-order chi connectivity index (χ1) is 22.7. The monoisotopic (exact) mass is 680 g/mol. The molecule has 3 aliphatic rings. The molecule has 2 fully saturated rings. The molecule has 252 valence electrons. The zero-order chi connectivity index (χ0) is 34.0. The van der Waals surface area contributed by atoms with Crippen molar-refractivity contribution in [3.05, 3.63) is 75.9 Å². The van der Waals surface area contributed by atoms with E-state index in [0.29, 0.717) is 22.1 Å². The zero-order valence-electron chi connectivity index (χ0n) is 27.2. The quantitative estimate of drug-likeness (QED) is 0.117. The summed E-state index contributed by atoms with van der Waals surface area (Å²) >= 11 is 1.03. The Balaban J connectivity index is 1.32. The Hall–Kier alpha value is -3.65. The molecule has 2 N–H and O–H groups in total. The van der Waals surface area contributed by atoms with E-state index in [0.717, 1.165) is 59.4 Å². The van der Waals surface area contributed by atoms with E-state index in [1.54, 1.807) is 18.3 Å². The van der Waals surface area contributed by atoms with E-state index in [4.69, 9.17) is 14.0 Å². The van der Waals surface area contributed by atoms with Gasteiger partial charge in [0.05, 0.1) is 45.0 Å². The van der Waals surface area contributed by atoms with Gasteiger partial charge in [0.15, 0.2) is 0 Å². The van der Waals surface area contributed by atoms with Crippen LogP contribution >= 0.6 is 11.3 Å². The van der Waals surface area contributed by atoms with E-state index in [2.05, 4.69) is 22.3 Å². The van der Waals surface area contributed by atoms with Crippen molar-refractivity contribution in [1.29, 1.82) is 0 Å². The first-order valence-corrected chi connectivity index (χ1v) is 16.8. The van der Waals surface area contributed by atoms with Crippen LogP contribution < -0.4 is 20.8 Å². The Kier molecular flexibility index (Phi) is 8.25. The Labute approximate surface area is 281 Å². The van der Waals surface area contributed by atoms with Crippen LogP contribution in [0, 0.1) is 5.82 Å². The lowest BCUT2D eigenvalue weighted by atomic mass is 9.78. The molecule has 0 amide bonds. The third-order valence-electron chi connectivity index (χ3n) is 9.70. The fraction of sp³-hybridized carbons (Fsp3) is 0.400. The third kappa shape index (κ3) is 6.06. The Bertz CT molecular complexity index is 1900. The van der Waals surface area contributed by atoms with E-state index in [1.165, 1.54) is 12.1 Å². The Morgan fingerprint density at radius 2 is 1.90 bits per heavy atom. The van der Waals surface area contributed by atoms with E-state index in [-0.39, 0.29) is 16.2 Å². The smallest absolute Gasteiger partial charge is 0.464 e. The summed E-state index contributed by atoms with van der Waals surface area (Å²) in [5.41, 5.74) is 2.39. The van der Waals surface area contributed by atoms with Crippen molar-refractivity contribution in [3.8, 4) is 17.0 Å². The van der Waals surface area contributed by atoms with Crippen LogP contribution in [0.5, 0.6) is 5.75 Å². The summed E-state index contributed by atoms with van der Waals surface area (Å²) in [6.07, 6.45) is -2.33. The van der Waals surface area contributed by atoms with Crippen LogP contribution in [-0.4, -0.2) is 54.9 Å². The molecule has 0 saturated carbocycles. The number of thiophene rings is 1. The van der Waals surface area contributed by atoms with Gasteiger partial charge < -0.3 is 24.7 Å². The minimum atomic E-state index is -4.35. The summed E-state index contributed by atoms with van der Waals surface area (Å²) < 4.78 is 77.0. The molecule has 13 heteroatoms. The molecule has 7 nitrogen and oxygen atoms in total. The normalized spacial score (nSPS) is 21.7. The minimum Gasteiger partial charge on any atom is -0.464 e. The van der Waals surface area contributed by atoms with Crippen molar-refractivity contribution < 1.29 is 31.6 Å². The maximum atomic E-state index is 16.3. The number of rotatable bonds is 8. The summed E-state index contributed by atoms with van der Waals surface area (Å²) in [6.45, 7) is 13.0. The number of ether oxygens (including phenoxy) is 1. The van der Waals surface area contributed by atoms with E-state index in [1.807, 2.05) is 56.5 Å². The molecule has 0 spiro atoms. The highest BCUT2D eigenvalue weighted by Gasteiger charge is 2.52. The lowest BCUT2D eigenvalue weighted by molar-refractivity contribution is -0.126. The summed E-state index contributed by atoms with van der Waals surface area (Å²) in [7, 11) is -0.831. The highest BCUT2D eigenvalue weighted by atomic mass is 32.1. The molecular formula is C35H37BF4N4O3S. The van der Waals surface area contributed by atoms with Gasteiger partial charge in [0.2, 0.25) is 6.23 Å². The van der Waals surface area contributed by atoms with Crippen LogP contribution in [0.1, 0.15) is 62.1 Å². The van der Waals surface area contributed by atoms with Crippen molar-refractivity contribution in [1.82, 2.24) is 15.2 Å². The molecule has 2 saturated heterocycles. The SMILES string of the molecule is C=N/C=C(\NCC1CCCN1)c1ccc2c(c1)cc1n2C(c2ccc(CC(F)(F)F)s2)Oc2cc(B3OC(C)(C)C(C)(C)O3)cc(F)c2-1. The molecule has 0 aliphatic carbocycles. The second-order valence-electron chi connectivity index (χ2n) is 13.6. The molecule has 2 aromatic carbocycles. The molecule has 2 atom stereocenters. The van der Waals surface area contributed by atoms with Gasteiger partial charge in [-0.05, 0) is 107 Å². The van der Waals surface area contributed by atoms with Gasteiger partial charge in [-0.2, -0.15) is 13.2 Å². The van der Waals surface area contributed by atoms with E-state index < -0.39 is 43.0 Å². The van der Waals surface area contributed by atoms with Crippen molar-refractivity contribution in [2.45, 2.75) is 76.6 Å². The average Bonchev–Trinajstić information content (AvgIpc) is 3.80. The van der Waals surface area contributed by atoms with Crippen LogP contribution in [0.3, 0.4) is 0 Å². The third-order valence-corrected chi connectivity index (χ3v) is 10.8. The largest absolute Gasteiger partial charge is 0.495 e. The van der Waals surface area contributed by atoms with E-state index in [9.17, 15) is 13.2 Å². The first-order valence-electron chi connectivity index (χ1n) is 16.0. The maximum absolute atomic E-state index is 16.3. The summed E-state index contributed by atoms with van der Waals surface area (Å²) in [4.78, 5) is 4.74. The molecule has 7 rings (SSSR count). The van der Waals surface area contributed by atoms with Crippen LogP contribution in [0.2, 0.25) is 0 Å². The van der Waals surface area contributed by atoms with Gasteiger partial charge in [-0.15, -0.1) is 11.3 Å². The Morgan fingerprint density at radius 3 is 2.58 bits per heavy atom. The van der Waals surface area contributed by atoms with Crippen molar-refractivity contribution in [2.75, 3.05) is 13.1 Å². The number of fused-ring (bicyclic) bond motifs is 5. The molecule has 48 heavy (non-hydrogen) atoms. The molecule has 0 radical (unpaired) electrons. The van der Waals surface area contributed by atoms with Gasteiger partial charge in [-0.1, -0.05) is 6.07 Å². The number of alkyl halides is 3. The first kappa shape index (κ1) is 32.9. The highest BCUT2D eigenvalue weighted by molar-refractivity contribution is 7.12. The molecule has 4 aromatic rings. The van der Waals surface area contributed by atoms with Crippen LogP contribution in [-0.2, 0) is 15.7 Å². The fourth-order valence-corrected chi connectivity index (χ4v) is 7.63. The molecule has 2 unspecified atom stereocenters. The number of nitrogens with zero attached hydrogens (tertiary/aromatic N) is 2. The van der Waals surface area contributed by atoms with Crippen LogP contribution in [0.4, 0.5) is 17.6 Å². The summed E-state index contributed by atoms with van der Waals surface area (Å²) in [6, 6.07) is 14.3. The number of hydrogen-bond acceptors (Lipinski definition) is 7. The number of hydrogen-bond donors (Lipinski definition) is 2. The fourth-order valence-electron chi connectivity index (χ4n) is 6.56. The number of benzene rings is 2. The Morgan fingerprint density at radius 1 is 1.12 bits per heavy atom. The number of halogens is 4. The van der Waals surface area contributed by atoms with Crippen molar-refractivity contribution in [3.63, 3.8) is 0 Å². The topological polar surface area (TPSA) is 69.0 Å². The minimum absolute atomic E-state index is 0.166. The van der Waals surface area contributed by atoms with Crippen molar-refractivity contribution >= 4 is 47.2 Å². The van der Waals surface area contributed by atoms with Gasteiger partial charge in [0, 0.05) is 29.0 Å². The predicted octanol–water partition coefficient (Wildman–Crippen LogP) is 7.19. The second kappa shape index (κ2) is 12.0. The van der Waals surface area contributed by atoms with Gasteiger partial charge in [0.25, 0.3) is 0 Å². The molecule has 0 bridgehead atoms. The van der Waals surface area contributed by atoms with Gasteiger partial charge in [-0.3, -0.25) is 9.56 Å². The molecule has 3 aliphatic heterocycles. The lowest BCUT2D eigenvalue weighted by Gasteiger charge is -2.32.